The van der Waals surface area contributed by atoms with E-state index in [-0.39, 0.29) is 11.6 Å². The van der Waals surface area contributed by atoms with Gasteiger partial charge in [0.2, 0.25) is 5.91 Å². The molecule has 3 rings (SSSR count). The normalized spacial score (nSPS) is 18.7. The van der Waals surface area contributed by atoms with E-state index in [9.17, 15) is 4.79 Å². The third-order valence-corrected chi connectivity index (χ3v) is 3.78. The third kappa shape index (κ3) is 2.44. The van der Waals surface area contributed by atoms with E-state index in [4.69, 9.17) is 10.5 Å². The third-order valence-electron chi connectivity index (χ3n) is 3.78. The van der Waals surface area contributed by atoms with Crippen LogP contribution in [0.5, 0.6) is 5.75 Å². The molecular formula is C17H18N2O2. The molecule has 1 heterocycles. The summed E-state index contributed by atoms with van der Waals surface area (Å²) in [5.41, 5.74) is 7.49. The van der Waals surface area contributed by atoms with Gasteiger partial charge in [0, 0.05) is 16.8 Å². The van der Waals surface area contributed by atoms with Gasteiger partial charge < -0.3 is 15.8 Å². The van der Waals surface area contributed by atoms with Crippen LogP contribution in [0.2, 0.25) is 0 Å². The fourth-order valence-corrected chi connectivity index (χ4v) is 2.68. The average molecular weight is 282 g/mol. The van der Waals surface area contributed by atoms with Crippen LogP contribution in [0.1, 0.15) is 35.8 Å². The monoisotopic (exact) mass is 282 g/mol. The lowest BCUT2D eigenvalue weighted by atomic mass is 9.94. The molecule has 108 valence electrons. The molecule has 0 aromatic heterocycles. The Hall–Kier alpha value is -2.49. The molecule has 0 radical (unpaired) electrons. The van der Waals surface area contributed by atoms with Crippen molar-refractivity contribution in [1.82, 2.24) is 0 Å². The summed E-state index contributed by atoms with van der Waals surface area (Å²) < 4.78 is 6.00. The van der Waals surface area contributed by atoms with E-state index in [0.717, 1.165) is 17.0 Å². The number of hydrogen-bond acceptors (Lipinski definition) is 3. The number of anilines is 1. The van der Waals surface area contributed by atoms with E-state index in [1.165, 1.54) is 0 Å². The molecule has 4 nitrogen and oxygen atoms in total. The quantitative estimate of drug-likeness (QED) is 0.909. The number of hydrogen-bond donors (Lipinski definition) is 2. The van der Waals surface area contributed by atoms with Crippen molar-refractivity contribution in [1.29, 1.82) is 0 Å². The second-order valence-electron chi connectivity index (χ2n) is 5.76. The summed E-state index contributed by atoms with van der Waals surface area (Å²) in [4.78, 5) is 11.1. The molecule has 1 amide bonds. The van der Waals surface area contributed by atoms with Crippen LogP contribution in [0.3, 0.4) is 0 Å². The van der Waals surface area contributed by atoms with Crippen molar-refractivity contribution < 1.29 is 9.53 Å². The number of nitrogens with one attached hydrogen (secondary N) is 1. The Morgan fingerprint density at radius 2 is 1.81 bits per heavy atom. The van der Waals surface area contributed by atoms with Crippen molar-refractivity contribution in [3.8, 4) is 5.75 Å². The summed E-state index contributed by atoms with van der Waals surface area (Å²) in [5.74, 6) is 0.491. The zero-order valence-corrected chi connectivity index (χ0v) is 12.1. The molecule has 0 aliphatic carbocycles. The molecule has 1 aliphatic heterocycles. The minimum atomic E-state index is -0.420. The molecule has 3 N–H and O–H groups in total. The fourth-order valence-electron chi connectivity index (χ4n) is 2.68. The van der Waals surface area contributed by atoms with Crippen LogP contribution >= 0.6 is 0 Å². The predicted octanol–water partition coefficient (Wildman–Crippen LogP) is 3.11. The molecule has 0 saturated carbocycles. The van der Waals surface area contributed by atoms with Crippen LogP contribution in [-0.2, 0) is 0 Å². The highest BCUT2D eigenvalue weighted by molar-refractivity contribution is 5.93. The number of primary amides is 1. The van der Waals surface area contributed by atoms with Crippen molar-refractivity contribution in [3.63, 3.8) is 0 Å². The number of carbonyl (C=O) groups is 1. The van der Waals surface area contributed by atoms with Crippen molar-refractivity contribution >= 4 is 11.6 Å². The first-order valence-corrected chi connectivity index (χ1v) is 6.92. The Morgan fingerprint density at radius 3 is 2.48 bits per heavy atom. The Balaban J connectivity index is 1.88. The summed E-state index contributed by atoms with van der Waals surface area (Å²) in [6.07, 6.45) is 0. The van der Waals surface area contributed by atoms with Crippen LogP contribution in [0.25, 0.3) is 0 Å². The van der Waals surface area contributed by atoms with Crippen molar-refractivity contribution in [2.24, 2.45) is 5.73 Å². The molecule has 4 heteroatoms. The molecule has 1 aliphatic rings. The van der Waals surface area contributed by atoms with Gasteiger partial charge in [0.1, 0.15) is 11.4 Å². The van der Waals surface area contributed by atoms with Crippen molar-refractivity contribution in [2.45, 2.75) is 25.5 Å². The Kier molecular flexibility index (Phi) is 3.09. The van der Waals surface area contributed by atoms with Crippen molar-refractivity contribution in [2.75, 3.05) is 5.32 Å². The number of rotatable bonds is 3. The molecule has 0 spiro atoms. The molecule has 2 aromatic carbocycles. The Labute approximate surface area is 123 Å². The fraction of sp³-hybridized carbons (Fsp3) is 0.235. The maximum atomic E-state index is 11.1. The molecule has 0 fully saturated rings. The maximum Gasteiger partial charge on any atom is 0.248 e. The first-order chi connectivity index (χ1) is 9.97. The van der Waals surface area contributed by atoms with E-state index >= 15 is 0 Å². The minimum Gasteiger partial charge on any atom is -0.485 e. The zero-order valence-electron chi connectivity index (χ0n) is 12.1. The van der Waals surface area contributed by atoms with E-state index in [1.807, 2.05) is 30.3 Å². The van der Waals surface area contributed by atoms with E-state index in [0.29, 0.717) is 5.56 Å². The molecule has 1 atom stereocenters. The van der Waals surface area contributed by atoms with E-state index in [2.05, 4.69) is 25.2 Å². The van der Waals surface area contributed by atoms with Crippen LogP contribution in [0.4, 0.5) is 5.69 Å². The number of benzene rings is 2. The van der Waals surface area contributed by atoms with Crippen LogP contribution in [0.15, 0.2) is 48.5 Å². The van der Waals surface area contributed by atoms with E-state index < -0.39 is 5.91 Å². The Bertz CT molecular complexity index is 677. The van der Waals surface area contributed by atoms with Gasteiger partial charge in [0.05, 0.1) is 6.04 Å². The number of nitrogens with two attached hydrogens (primary N) is 1. The van der Waals surface area contributed by atoms with Gasteiger partial charge in [-0.15, -0.1) is 0 Å². The second-order valence-corrected chi connectivity index (χ2v) is 5.76. The highest BCUT2D eigenvalue weighted by Gasteiger charge is 2.40. The number of para-hydroxylation sites is 1. The average Bonchev–Trinajstić information content (AvgIpc) is 2.70. The highest BCUT2D eigenvalue weighted by Crippen LogP contribution is 2.44. The lowest BCUT2D eigenvalue weighted by Gasteiger charge is -2.28. The summed E-state index contributed by atoms with van der Waals surface area (Å²) in [6, 6.07) is 15.2. The molecular weight excluding hydrogens is 264 g/mol. The second kappa shape index (κ2) is 4.81. The summed E-state index contributed by atoms with van der Waals surface area (Å²) in [5, 5.41) is 3.48. The lowest BCUT2D eigenvalue weighted by Crippen LogP contribution is -2.34. The number of carbonyl (C=O) groups excluding carboxylic acids is 1. The number of ether oxygens (including phenoxy) is 1. The summed E-state index contributed by atoms with van der Waals surface area (Å²) >= 11 is 0. The first kappa shape index (κ1) is 13.5. The maximum absolute atomic E-state index is 11.1. The van der Waals surface area contributed by atoms with Gasteiger partial charge >= 0.3 is 0 Å². The molecule has 0 bridgehead atoms. The Morgan fingerprint density at radius 1 is 1.14 bits per heavy atom. The standard InChI is InChI=1S/C17H18N2O2/c1-17(2)15(13-5-3-4-6-14(13)21-17)19-12-9-7-11(8-10-12)16(18)20/h3-10,15,19H,1-2H3,(H2,18,20). The van der Waals surface area contributed by atoms with Gasteiger partial charge in [0.15, 0.2) is 0 Å². The van der Waals surface area contributed by atoms with Gasteiger partial charge in [0.25, 0.3) is 0 Å². The van der Waals surface area contributed by atoms with Crippen LogP contribution < -0.4 is 15.8 Å². The predicted molar refractivity (Wildman–Crippen MR) is 82.5 cm³/mol. The highest BCUT2D eigenvalue weighted by atomic mass is 16.5. The van der Waals surface area contributed by atoms with Crippen LogP contribution in [0, 0.1) is 0 Å². The summed E-state index contributed by atoms with van der Waals surface area (Å²) in [6.45, 7) is 4.12. The van der Waals surface area contributed by atoms with Gasteiger partial charge in [-0.25, -0.2) is 0 Å². The largest absolute Gasteiger partial charge is 0.485 e. The van der Waals surface area contributed by atoms with Gasteiger partial charge in [-0.05, 0) is 44.2 Å². The molecule has 1 unspecified atom stereocenters. The molecule has 21 heavy (non-hydrogen) atoms. The van der Waals surface area contributed by atoms with Crippen molar-refractivity contribution in [3.05, 3.63) is 59.7 Å². The minimum absolute atomic E-state index is 0.0492. The van der Waals surface area contributed by atoms with Gasteiger partial charge in [-0.1, -0.05) is 18.2 Å². The first-order valence-electron chi connectivity index (χ1n) is 6.92. The molecule has 2 aromatic rings. The number of amides is 1. The van der Waals surface area contributed by atoms with E-state index in [1.54, 1.807) is 12.1 Å². The SMILES string of the molecule is CC1(C)Oc2ccccc2C1Nc1ccc(C(N)=O)cc1. The lowest BCUT2D eigenvalue weighted by molar-refractivity contribution is 0.1000. The number of fused-ring (bicyclic) bond motifs is 1. The van der Waals surface area contributed by atoms with Gasteiger partial charge in [-0.3, -0.25) is 4.79 Å². The van der Waals surface area contributed by atoms with Crippen LogP contribution in [-0.4, -0.2) is 11.5 Å². The van der Waals surface area contributed by atoms with Gasteiger partial charge in [-0.2, -0.15) is 0 Å². The topological polar surface area (TPSA) is 64.3 Å². The smallest absolute Gasteiger partial charge is 0.248 e. The summed E-state index contributed by atoms with van der Waals surface area (Å²) in [7, 11) is 0. The molecule has 0 saturated heterocycles. The zero-order chi connectivity index (χ0) is 15.0.